The van der Waals surface area contributed by atoms with Gasteiger partial charge in [-0.2, -0.15) is 0 Å². The van der Waals surface area contributed by atoms with Crippen LogP contribution in [0.15, 0.2) is 58.5 Å². The number of rotatable bonds is 5. The maximum absolute atomic E-state index is 12.9. The summed E-state index contributed by atoms with van der Waals surface area (Å²) in [7, 11) is 0. The Labute approximate surface area is 142 Å². The topological polar surface area (TPSA) is 52.0 Å². The molecule has 0 radical (unpaired) electrons. The van der Waals surface area contributed by atoms with E-state index in [0.29, 0.717) is 28.2 Å². The third-order valence-corrected chi connectivity index (χ3v) is 4.62. The van der Waals surface area contributed by atoms with E-state index in [1.165, 1.54) is 36.0 Å². The molecule has 3 rings (SSSR count). The highest BCUT2D eigenvalue weighted by Crippen LogP contribution is 2.19. The second kappa shape index (κ2) is 6.97. The number of halogens is 1. The van der Waals surface area contributed by atoms with Crippen molar-refractivity contribution in [1.82, 2.24) is 9.55 Å². The van der Waals surface area contributed by atoms with E-state index in [1.807, 2.05) is 13.0 Å². The summed E-state index contributed by atoms with van der Waals surface area (Å²) in [6.07, 6.45) is 0. The van der Waals surface area contributed by atoms with Gasteiger partial charge in [0.15, 0.2) is 10.9 Å². The van der Waals surface area contributed by atoms with Gasteiger partial charge in [-0.3, -0.25) is 14.2 Å². The number of ketones is 1. The molecule has 1 aromatic heterocycles. The summed E-state index contributed by atoms with van der Waals surface area (Å²) in [6, 6.07) is 12.6. The highest BCUT2D eigenvalue weighted by atomic mass is 32.2. The zero-order valence-electron chi connectivity index (χ0n) is 13.0. The summed E-state index contributed by atoms with van der Waals surface area (Å²) in [5, 5.41) is 1.07. The molecule has 122 valence electrons. The highest BCUT2D eigenvalue weighted by molar-refractivity contribution is 7.99. The van der Waals surface area contributed by atoms with E-state index in [1.54, 1.807) is 22.8 Å². The molecule has 0 aliphatic carbocycles. The second-order valence-electron chi connectivity index (χ2n) is 5.18. The van der Waals surface area contributed by atoms with Crippen LogP contribution in [0.5, 0.6) is 0 Å². The van der Waals surface area contributed by atoms with Crippen LogP contribution < -0.4 is 5.56 Å². The van der Waals surface area contributed by atoms with Gasteiger partial charge in [0.05, 0.1) is 16.7 Å². The Morgan fingerprint density at radius 1 is 1.17 bits per heavy atom. The van der Waals surface area contributed by atoms with Crippen LogP contribution in [-0.2, 0) is 6.54 Å². The predicted octanol–water partition coefficient (Wildman–Crippen LogP) is 3.53. The number of para-hydroxylation sites is 1. The molecule has 0 N–H and O–H groups in total. The summed E-state index contributed by atoms with van der Waals surface area (Å²) in [4.78, 5) is 29.2. The lowest BCUT2D eigenvalue weighted by Crippen LogP contribution is -2.22. The fourth-order valence-electron chi connectivity index (χ4n) is 2.39. The van der Waals surface area contributed by atoms with Crippen molar-refractivity contribution >= 4 is 28.4 Å². The van der Waals surface area contributed by atoms with E-state index in [-0.39, 0.29) is 22.9 Å². The Hall–Kier alpha value is -2.47. The van der Waals surface area contributed by atoms with Crippen LogP contribution in [0.4, 0.5) is 4.39 Å². The minimum absolute atomic E-state index is 0.111. The second-order valence-corrected chi connectivity index (χ2v) is 6.12. The van der Waals surface area contributed by atoms with Crippen molar-refractivity contribution in [2.75, 3.05) is 5.75 Å². The fraction of sp³-hybridized carbons (Fsp3) is 0.167. The zero-order valence-corrected chi connectivity index (χ0v) is 13.8. The van der Waals surface area contributed by atoms with Crippen molar-refractivity contribution in [1.29, 1.82) is 0 Å². The van der Waals surface area contributed by atoms with Crippen molar-refractivity contribution in [2.24, 2.45) is 0 Å². The molecule has 0 saturated carbocycles. The molecule has 0 aliphatic heterocycles. The molecular formula is C18H15FN2O2S. The normalized spacial score (nSPS) is 10.9. The van der Waals surface area contributed by atoms with Gasteiger partial charge in [0.1, 0.15) is 5.82 Å². The standard InChI is InChI=1S/C18H15FN2O2S/c1-2-21-17(23)14-5-3-4-6-15(14)20-18(21)24-11-16(22)12-7-9-13(19)10-8-12/h3-10H,2,11H2,1H3. The Kier molecular flexibility index (Phi) is 4.76. The minimum atomic E-state index is -0.379. The monoisotopic (exact) mass is 342 g/mol. The molecule has 24 heavy (non-hydrogen) atoms. The first-order chi connectivity index (χ1) is 11.6. The minimum Gasteiger partial charge on any atom is -0.293 e. The molecule has 0 atom stereocenters. The number of thioether (sulfide) groups is 1. The largest absolute Gasteiger partial charge is 0.293 e. The molecule has 0 saturated heterocycles. The average Bonchev–Trinajstić information content (AvgIpc) is 2.60. The van der Waals surface area contributed by atoms with Gasteiger partial charge in [0.2, 0.25) is 0 Å². The number of benzene rings is 2. The molecule has 1 heterocycles. The Balaban J connectivity index is 1.88. The van der Waals surface area contributed by atoms with Gasteiger partial charge in [0.25, 0.3) is 5.56 Å². The summed E-state index contributed by atoms with van der Waals surface area (Å²) in [5.74, 6) is -0.378. The van der Waals surface area contributed by atoms with Gasteiger partial charge in [-0.1, -0.05) is 23.9 Å². The highest BCUT2D eigenvalue weighted by Gasteiger charge is 2.13. The first-order valence-corrected chi connectivity index (χ1v) is 8.50. The molecule has 0 fully saturated rings. The maximum atomic E-state index is 12.9. The molecule has 6 heteroatoms. The number of nitrogens with zero attached hydrogens (tertiary/aromatic N) is 2. The molecule has 0 aliphatic rings. The fourth-order valence-corrected chi connectivity index (χ4v) is 3.34. The summed E-state index contributed by atoms with van der Waals surface area (Å²) >= 11 is 1.22. The number of hydrogen-bond acceptors (Lipinski definition) is 4. The number of Topliss-reactive ketones (excluding diaryl/α,β-unsaturated/α-hetero) is 1. The third-order valence-electron chi connectivity index (χ3n) is 3.64. The van der Waals surface area contributed by atoms with E-state index in [0.717, 1.165) is 0 Å². The molecular weight excluding hydrogens is 327 g/mol. The molecule has 0 unspecified atom stereocenters. The number of carbonyl (C=O) groups is 1. The number of aromatic nitrogens is 2. The summed E-state index contributed by atoms with van der Waals surface area (Å²) in [6.45, 7) is 2.34. The van der Waals surface area contributed by atoms with Crippen LogP contribution >= 0.6 is 11.8 Å². The van der Waals surface area contributed by atoms with Gasteiger partial charge in [-0.05, 0) is 43.3 Å². The lowest BCUT2D eigenvalue weighted by Gasteiger charge is -2.10. The lowest BCUT2D eigenvalue weighted by atomic mass is 10.1. The van der Waals surface area contributed by atoms with Crippen LogP contribution in [0, 0.1) is 5.82 Å². The smallest absolute Gasteiger partial charge is 0.262 e. The van der Waals surface area contributed by atoms with Crippen LogP contribution in [0.2, 0.25) is 0 Å². The number of fused-ring (bicyclic) bond motifs is 1. The summed E-state index contributed by atoms with van der Waals surface area (Å²) in [5.41, 5.74) is 0.943. The molecule has 0 bridgehead atoms. The lowest BCUT2D eigenvalue weighted by molar-refractivity contribution is 0.102. The molecule has 0 amide bonds. The van der Waals surface area contributed by atoms with E-state index in [9.17, 15) is 14.0 Å². The van der Waals surface area contributed by atoms with Crippen molar-refractivity contribution in [3.63, 3.8) is 0 Å². The van der Waals surface area contributed by atoms with E-state index >= 15 is 0 Å². The van der Waals surface area contributed by atoms with Crippen molar-refractivity contribution in [3.05, 3.63) is 70.3 Å². The van der Waals surface area contributed by atoms with E-state index < -0.39 is 0 Å². The maximum Gasteiger partial charge on any atom is 0.262 e. The van der Waals surface area contributed by atoms with Crippen LogP contribution in [0.3, 0.4) is 0 Å². The summed E-state index contributed by atoms with van der Waals surface area (Å²) < 4.78 is 14.5. The van der Waals surface area contributed by atoms with Crippen molar-refractivity contribution in [2.45, 2.75) is 18.6 Å². The van der Waals surface area contributed by atoms with Crippen LogP contribution in [-0.4, -0.2) is 21.1 Å². The van der Waals surface area contributed by atoms with Crippen molar-refractivity contribution in [3.8, 4) is 0 Å². The number of carbonyl (C=O) groups excluding carboxylic acids is 1. The van der Waals surface area contributed by atoms with Gasteiger partial charge in [0, 0.05) is 12.1 Å². The van der Waals surface area contributed by atoms with Gasteiger partial charge >= 0.3 is 0 Å². The van der Waals surface area contributed by atoms with Gasteiger partial charge in [-0.25, -0.2) is 9.37 Å². The van der Waals surface area contributed by atoms with E-state index in [2.05, 4.69) is 4.98 Å². The first-order valence-electron chi connectivity index (χ1n) is 7.51. The Bertz CT molecular complexity index is 951. The first kappa shape index (κ1) is 16.4. The average molecular weight is 342 g/mol. The predicted molar refractivity (Wildman–Crippen MR) is 93.1 cm³/mol. The zero-order chi connectivity index (χ0) is 17.1. The molecule has 3 aromatic rings. The molecule has 0 spiro atoms. The van der Waals surface area contributed by atoms with Gasteiger partial charge < -0.3 is 0 Å². The molecule has 4 nitrogen and oxygen atoms in total. The Morgan fingerprint density at radius 3 is 2.58 bits per heavy atom. The van der Waals surface area contributed by atoms with E-state index in [4.69, 9.17) is 0 Å². The SMILES string of the molecule is CCn1c(SCC(=O)c2ccc(F)cc2)nc2ccccc2c1=O. The Morgan fingerprint density at radius 2 is 1.88 bits per heavy atom. The number of hydrogen-bond donors (Lipinski definition) is 0. The quantitative estimate of drug-likeness (QED) is 0.404. The van der Waals surface area contributed by atoms with Gasteiger partial charge in [-0.15, -0.1) is 0 Å². The van der Waals surface area contributed by atoms with Crippen LogP contribution in [0.25, 0.3) is 10.9 Å². The third kappa shape index (κ3) is 3.23. The van der Waals surface area contributed by atoms with Crippen molar-refractivity contribution < 1.29 is 9.18 Å². The van der Waals surface area contributed by atoms with Crippen LogP contribution in [0.1, 0.15) is 17.3 Å². The molecule has 2 aromatic carbocycles.